The average molecular weight is 446 g/mol. The zero-order valence-corrected chi connectivity index (χ0v) is 18.7. The van der Waals surface area contributed by atoms with E-state index in [1.165, 1.54) is 6.92 Å². The predicted molar refractivity (Wildman–Crippen MR) is 131 cm³/mol. The quantitative estimate of drug-likeness (QED) is 0.491. The van der Waals surface area contributed by atoms with Crippen LogP contribution in [0.1, 0.15) is 12.7 Å². The molecule has 0 unspecified atom stereocenters. The molecule has 9 nitrogen and oxygen atoms in total. The fourth-order valence-electron chi connectivity index (χ4n) is 4.35. The number of nitrogens with zero attached hydrogens (tertiary/aromatic N) is 4. The number of hydrogen-bond donors (Lipinski definition) is 4. The Morgan fingerprint density at radius 1 is 1.09 bits per heavy atom. The largest absolute Gasteiger partial charge is 0.509 e. The SMILES string of the molecule is CC(=O)Nc1ccc(N2CC(O)=C(c3nc4ccc(N5CCN(C)CC5)cc4[nH]3)C2=N)cc1. The number of likely N-dealkylation sites (N-methyl/N-ethyl adjacent to an activating group) is 1. The average Bonchev–Trinajstić information content (AvgIpc) is 3.33. The first-order valence-electron chi connectivity index (χ1n) is 11.0. The van der Waals surface area contributed by atoms with Crippen LogP contribution in [-0.4, -0.2) is 71.5 Å². The third kappa shape index (κ3) is 4.03. The summed E-state index contributed by atoms with van der Waals surface area (Å²) in [7, 11) is 2.14. The van der Waals surface area contributed by atoms with Gasteiger partial charge in [0.1, 0.15) is 17.4 Å². The second kappa shape index (κ2) is 8.25. The highest BCUT2D eigenvalue weighted by molar-refractivity contribution is 6.30. The predicted octanol–water partition coefficient (Wildman–Crippen LogP) is 3.04. The minimum absolute atomic E-state index is 0.101. The van der Waals surface area contributed by atoms with E-state index < -0.39 is 0 Å². The highest BCUT2D eigenvalue weighted by Crippen LogP contribution is 2.32. The lowest BCUT2D eigenvalue weighted by atomic mass is 10.2. The molecule has 3 heterocycles. The summed E-state index contributed by atoms with van der Waals surface area (Å²) in [6.07, 6.45) is 0. The van der Waals surface area contributed by atoms with E-state index in [-0.39, 0.29) is 24.0 Å². The number of amidine groups is 1. The Hall–Kier alpha value is -3.85. The van der Waals surface area contributed by atoms with E-state index in [4.69, 9.17) is 5.41 Å². The van der Waals surface area contributed by atoms with Crippen LogP contribution >= 0.6 is 0 Å². The van der Waals surface area contributed by atoms with Crippen LogP contribution in [-0.2, 0) is 4.79 Å². The molecule has 0 aliphatic carbocycles. The monoisotopic (exact) mass is 445 g/mol. The number of carbonyl (C=O) groups excluding carboxylic acids is 1. The van der Waals surface area contributed by atoms with E-state index in [1.54, 1.807) is 17.0 Å². The van der Waals surface area contributed by atoms with Gasteiger partial charge in [0.25, 0.3) is 0 Å². The van der Waals surface area contributed by atoms with Gasteiger partial charge >= 0.3 is 0 Å². The van der Waals surface area contributed by atoms with Gasteiger partial charge in [-0.1, -0.05) is 0 Å². The number of H-pyrrole nitrogens is 1. The van der Waals surface area contributed by atoms with E-state index >= 15 is 0 Å². The molecule has 1 aromatic heterocycles. The summed E-state index contributed by atoms with van der Waals surface area (Å²) in [5.41, 5.74) is 4.67. The van der Waals surface area contributed by atoms with Crippen LogP contribution < -0.4 is 15.1 Å². The van der Waals surface area contributed by atoms with Gasteiger partial charge in [-0.05, 0) is 49.5 Å². The van der Waals surface area contributed by atoms with E-state index in [0.717, 1.165) is 48.6 Å². The molecule has 5 rings (SSSR count). The Balaban J connectivity index is 1.38. The van der Waals surface area contributed by atoms with Crippen molar-refractivity contribution in [2.24, 2.45) is 0 Å². The van der Waals surface area contributed by atoms with E-state index in [9.17, 15) is 9.90 Å². The number of hydrogen-bond acceptors (Lipinski definition) is 6. The fourth-order valence-corrected chi connectivity index (χ4v) is 4.35. The van der Waals surface area contributed by atoms with Crippen molar-refractivity contribution in [1.29, 1.82) is 5.41 Å². The Morgan fingerprint density at radius 2 is 1.79 bits per heavy atom. The number of imidazole rings is 1. The maximum Gasteiger partial charge on any atom is 0.221 e. The minimum Gasteiger partial charge on any atom is -0.509 e. The van der Waals surface area contributed by atoms with Crippen molar-refractivity contribution < 1.29 is 9.90 Å². The zero-order valence-electron chi connectivity index (χ0n) is 18.7. The van der Waals surface area contributed by atoms with Crippen molar-refractivity contribution in [3.63, 3.8) is 0 Å². The summed E-state index contributed by atoms with van der Waals surface area (Å²) in [4.78, 5) is 25.6. The molecular weight excluding hydrogens is 418 g/mol. The minimum atomic E-state index is -0.140. The van der Waals surface area contributed by atoms with Crippen molar-refractivity contribution in [2.75, 3.05) is 54.9 Å². The summed E-state index contributed by atoms with van der Waals surface area (Å²) in [5.74, 6) is 0.627. The molecule has 0 radical (unpaired) electrons. The first-order chi connectivity index (χ1) is 15.9. The van der Waals surface area contributed by atoms with Crippen molar-refractivity contribution in [3.8, 4) is 0 Å². The second-order valence-electron chi connectivity index (χ2n) is 8.56. The molecule has 2 aliphatic heterocycles. The van der Waals surface area contributed by atoms with Gasteiger partial charge < -0.3 is 30.1 Å². The molecule has 0 spiro atoms. The molecular formula is C24H27N7O2. The molecule has 2 aliphatic rings. The van der Waals surface area contributed by atoms with Crippen LogP contribution in [0, 0.1) is 5.41 Å². The number of aromatic nitrogens is 2. The van der Waals surface area contributed by atoms with Gasteiger partial charge in [-0.3, -0.25) is 10.2 Å². The normalized spacial score (nSPS) is 17.3. The van der Waals surface area contributed by atoms with Crippen LogP contribution in [0.15, 0.2) is 48.2 Å². The van der Waals surface area contributed by atoms with Gasteiger partial charge in [0, 0.05) is 50.2 Å². The number of aliphatic hydroxyl groups excluding tert-OH is 1. The zero-order chi connectivity index (χ0) is 23.1. The fraction of sp³-hybridized carbons (Fsp3) is 0.292. The number of fused-ring (bicyclic) bond motifs is 1. The van der Waals surface area contributed by atoms with Crippen molar-refractivity contribution in [1.82, 2.24) is 14.9 Å². The lowest BCUT2D eigenvalue weighted by Gasteiger charge is -2.34. The molecule has 1 amide bonds. The topological polar surface area (TPSA) is 112 Å². The van der Waals surface area contributed by atoms with E-state index in [2.05, 4.69) is 44.3 Å². The van der Waals surface area contributed by atoms with Crippen LogP contribution in [0.25, 0.3) is 16.6 Å². The maximum absolute atomic E-state index is 11.2. The van der Waals surface area contributed by atoms with Crippen LogP contribution in [0.5, 0.6) is 0 Å². The molecule has 9 heteroatoms. The number of anilines is 3. The highest BCUT2D eigenvalue weighted by atomic mass is 16.3. The summed E-state index contributed by atoms with van der Waals surface area (Å²) >= 11 is 0. The molecule has 1 fully saturated rings. The summed E-state index contributed by atoms with van der Waals surface area (Å²) in [6.45, 7) is 5.68. The van der Waals surface area contributed by atoms with E-state index in [1.807, 2.05) is 18.2 Å². The van der Waals surface area contributed by atoms with Gasteiger partial charge in [0.15, 0.2) is 0 Å². The van der Waals surface area contributed by atoms with Crippen LogP contribution in [0.4, 0.5) is 17.1 Å². The first-order valence-corrected chi connectivity index (χ1v) is 11.0. The molecule has 0 atom stereocenters. The molecule has 1 saturated heterocycles. The van der Waals surface area contributed by atoms with Crippen molar-refractivity contribution in [3.05, 3.63) is 54.0 Å². The molecule has 170 valence electrons. The summed E-state index contributed by atoms with van der Waals surface area (Å²) in [6, 6.07) is 13.3. The third-order valence-electron chi connectivity index (χ3n) is 6.17. The maximum atomic E-state index is 11.2. The number of aliphatic hydroxyl groups is 1. The molecule has 4 N–H and O–H groups in total. The molecule has 0 bridgehead atoms. The number of nitrogens with one attached hydrogen (secondary N) is 3. The van der Waals surface area contributed by atoms with Gasteiger partial charge in [-0.15, -0.1) is 0 Å². The standard InChI is InChI=1S/C24H27N7O2/c1-15(32)26-16-3-5-17(6-4-16)31-14-21(33)22(23(31)25)24-27-19-8-7-18(13-20(19)28-24)30-11-9-29(2)10-12-30/h3-8,13,25,33H,9-12,14H2,1-2H3,(H,26,32)(H,27,28). The number of benzene rings is 2. The molecule has 2 aromatic carbocycles. The van der Waals surface area contributed by atoms with Gasteiger partial charge in [-0.2, -0.15) is 0 Å². The lowest BCUT2D eigenvalue weighted by Crippen LogP contribution is -2.44. The number of rotatable bonds is 4. The van der Waals surface area contributed by atoms with Crippen molar-refractivity contribution >= 4 is 45.4 Å². The molecule has 0 saturated carbocycles. The Kier molecular flexibility index (Phi) is 5.26. The first kappa shape index (κ1) is 21.0. The smallest absolute Gasteiger partial charge is 0.221 e. The highest BCUT2D eigenvalue weighted by Gasteiger charge is 2.31. The van der Waals surface area contributed by atoms with Gasteiger partial charge in [0.2, 0.25) is 5.91 Å². The van der Waals surface area contributed by atoms with Crippen LogP contribution in [0.3, 0.4) is 0 Å². The second-order valence-corrected chi connectivity index (χ2v) is 8.56. The number of carbonyl (C=O) groups is 1. The third-order valence-corrected chi connectivity index (χ3v) is 6.17. The Morgan fingerprint density at radius 3 is 2.48 bits per heavy atom. The number of aromatic amines is 1. The molecule has 33 heavy (non-hydrogen) atoms. The van der Waals surface area contributed by atoms with Gasteiger partial charge in [-0.25, -0.2) is 4.98 Å². The van der Waals surface area contributed by atoms with Crippen molar-refractivity contribution in [2.45, 2.75) is 6.92 Å². The molecule has 3 aromatic rings. The number of piperazine rings is 1. The summed E-state index contributed by atoms with van der Waals surface area (Å²) < 4.78 is 0. The lowest BCUT2D eigenvalue weighted by molar-refractivity contribution is -0.114. The number of amides is 1. The van der Waals surface area contributed by atoms with Crippen LogP contribution in [0.2, 0.25) is 0 Å². The Bertz CT molecular complexity index is 1250. The Labute approximate surface area is 191 Å². The van der Waals surface area contributed by atoms with E-state index in [0.29, 0.717) is 17.1 Å². The summed E-state index contributed by atoms with van der Waals surface area (Å²) in [5, 5.41) is 22.1. The van der Waals surface area contributed by atoms with Gasteiger partial charge in [0.05, 0.1) is 23.2 Å².